The average molecular weight is 329 g/mol. The molecule has 0 radical (unpaired) electrons. The van der Waals surface area contributed by atoms with E-state index >= 15 is 0 Å². The second-order valence-electron chi connectivity index (χ2n) is 5.17. The van der Waals surface area contributed by atoms with E-state index in [1.54, 1.807) is 17.0 Å². The van der Waals surface area contributed by atoms with Gasteiger partial charge in [0.1, 0.15) is 5.76 Å². The summed E-state index contributed by atoms with van der Waals surface area (Å²) in [5.41, 5.74) is 0. The predicted molar refractivity (Wildman–Crippen MR) is 78.8 cm³/mol. The summed E-state index contributed by atoms with van der Waals surface area (Å²) in [6.07, 6.45) is 1.99. The minimum atomic E-state index is -3.07. The summed E-state index contributed by atoms with van der Waals surface area (Å²) in [4.78, 5) is 24.8. The van der Waals surface area contributed by atoms with Crippen molar-refractivity contribution < 1.29 is 22.4 Å². The molecule has 0 bridgehead atoms. The maximum atomic E-state index is 11.9. The first-order valence-electron chi connectivity index (χ1n) is 6.88. The number of rotatable bonds is 5. The van der Waals surface area contributed by atoms with Gasteiger partial charge in [0.2, 0.25) is 5.91 Å². The van der Waals surface area contributed by atoms with Gasteiger partial charge < -0.3 is 9.73 Å². The van der Waals surface area contributed by atoms with Crippen LogP contribution in [0.3, 0.4) is 0 Å². The van der Waals surface area contributed by atoms with Crippen LogP contribution in [0.4, 0.5) is 4.79 Å². The molecule has 0 saturated carbocycles. The van der Waals surface area contributed by atoms with Gasteiger partial charge in [-0.3, -0.25) is 15.0 Å². The van der Waals surface area contributed by atoms with Gasteiger partial charge in [-0.25, -0.2) is 13.2 Å². The number of nitrogens with one attached hydrogen (secondary N) is 2. The first-order chi connectivity index (χ1) is 10.4. The Morgan fingerprint density at radius 2 is 2.23 bits per heavy atom. The molecule has 1 aliphatic rings. The standard InChI is InChI=1S/C13H19N3O5S/c1-14-13(18)15-12(17)8-16(7-11-3-2-5-21-11)10-4-6-22(19,20)9-10/h2-3,5,10H,4,6-9H2,1H3,(H2,14,15,17,18)/t10-/m1/s1. The molecule has 1 atom stereocenters. The molecular formula is C13H19N3O5S. The third kappa shape index (κ3) is 4.57. The highest BCUT2D eigenvalue weighted by atomic mass is 32.2. The molecule has 1 fully saturated rings. The maximum absolute atomic E-state index is 11.9. The Morgan fingerprint density at radius 1 is 1.45 bits per heavy atom. The molecule has 2 N–H and O–H groups in total. The van der Waals surface area contributed by atoms with Crippen molar-refractivity contribution in [2.24, 2.45) is 0 Å². The third-order valence-electron chi connectivity index (χ3n) is 3.49. The van der Waals surface area contributed by atoms with Gasteiger partial charge in [0, 0.05) is 13.1 Å². The fourth-order valence-electron chi connectivity index (χ4n) is 2.39. The number of carbonyl (C=O) groups is 2. The van der Waals surface area contributed by atoms with Crippen LogP contribution in [0.5, 0.6) is 0 Å². The SMILES string of the molecule is CNC(=O)NC(=O)CN(Cc1ccco1)[C@@H]1CCS(=O)(=O)C1. The van der Waals surface area contributed by atoms with E-state index in [0.717, 1.165) is 0 Å². The van der Waals surface area contributed by atoms with Crippen molar-refractivity contribution in [2.75, 3.05) is 25.1 Å². The quantitative estimate of drug-likeness (QED) is 0.769. The lowest BCUT2D eigenvalue weighted by Crippen LogP contribution is -2.46. The fourth-order valence-corrected chi connectivity index (χ4v) is 4.15. The first-order valence-corrected chi connectivity index (χ1v) is 8.70. The lowest BCUT2D eigenvalue weighted by molar-refractivity contribution is -0.121. The van der Waals surface area contributed by atoms with E-state index in [1.165, 1.54) is 13.3 Å². The molecule has 1 saturated heterocycles. The highest BCUT2D eigenvalue weighted by Gasteiger charge is 2.33. The number of carbonyl (C=O) groups excluding carboxylic acids is 2. The number of sulfone groups is 1. The fraction of sp³-hybridized carbons (Fsp3) is 0.538. The molecular weight excluding hydrogens is 310 g/mol. The Morgan fingerprint density at radius 3 is 2.77 bits per heavy atom. The zero-order chi connectivity index (χ0) is 16.2. The summed E-state index contributed by atoms with van der Waals surface area (Å²) in [6, 6.07) is 2.63. The molecule has 2 rings (SSSR count). The Kier molecular flexibility index (Phi) is 5.19. The first kappa shape index (κ1) is 16.5. The summed E-state index contributed by atoms with van der Waals surface area (Å²) in [5.74, 6) is 0.275. The molecule has 1 aromatic rings. The molecule has 122 valence electrons. The smallest absolute Gasteiger partial charge is 0.321 e. The van der Waals surface area contributed by atoms with Crippen molar-refractivity contribution in [3.8, 4) is 0 Å². The summed E-state index contributed by atoms with van der Waals surface area (Å²) in [7, 11) is -1.66. The van der Waals surface area contributed by atoms with Crippen LogP contribution in [0.2, 0.25) is 0 Å². The minimum Gasteiger partial charge on any atom is -0.468 e. The van der Waals surface area contributed by atoms with Crippen LogP contribution >= 0.6 is 0 Å². The van der Waals surface area contributed by atoms with Crippen molar-refractivity contribution in [1.82, 2.24) is 15.5 Å². The van der Waals surface area contributed by atoms with Gasteiger partial charge in [0.25, 0.3) is 0 Å². The van der Waals surface area contributed by atoms with Crippen LogP contribution in [-0.4, -0.2) is 56.4 Å². The number of hydrogen-bond acceptors (Lipinski definition) is 6. The molecule has 0 spiro atoms. The third-order valence-corrected chi connectivity index (χ3v) is 5.24. The second-order valence-corrected chi connectivity index (χ2v) is 7.40. The van der Waals surface area contributed by atoms with E-state index in [-0.39, 0.29) is 24.1 Å². The van der Waals surface area contributed by atoms with Gasteiger partial charge in [0.05, 0.1) is 30.9 Å². The summed E-state index contributed by atoms with van der Waals surface area (Å²) in [6.45, 7) is 0.239. The monoisotopic (exact) mass is 329 g/mol. The van der Waals surface area contributed by atoms with Crippen LogP contribution < -0.4 is 10.6 Å². The van der Waals surface area contributed by atoms with Gasteiger partial charge in [-0.1, -0.05) is 0 Å². The molecule has 8 nitrogen and oxygen atoms in total. The second kappa shape index (κ2) is 6.93. The van der Waals surface area contributed by atoms with Crippen LogP contribution in [0.1, 0.15) is 12.2 Å². The number of imide groups is 1. The van der Waals surface area contributed by atoms with E-state index in [2.05, 4.69) is 10.6 Å². The normalized spacial score (nSPS) is 20.0. The highest BCUT2D eigenvalue weighted by molar-refractivity contribution is 7.91. The molecule has 22 heavy (non-hydrogen) atoms. The van der Waals surface area contributed by atoms with E-state index < -0.39 is 21.8 Å². The van der Waals surface area contributed by atoms with Gasteiger partial charge >= 0.3 is 6.03 Å². The van der Waals surface area contributed by atoms with Crippen molar-refractivity contribution in [1.29, 1.82) is 0 Å². The number of amides is 3. The molecule has 1 aromatic heterocycles. The van der Waals surface area contributed by atoms with Crippen LogP contribution in [-0.2, 0) is 21.2 Å². The predicted octanol–water partition coefficient (Wildman–Crippen LogP) is -0.276. The zero-order valence-electron chi connectivity index (χ0n) is 12.2. The number of urea groups is 1. The molecule has 1 aliphatic heterocycles. The number of hydrogen-bond donors (Lipinski definition) is 2. The molecule has 0 unspecified atom stereocenters. The van der Waals surface area contributed by atoms with Gasteiger partial charge in [-0.05, 0) is 18.6 Å². The van der Waals surface area contributed by atoms with Crippen molar-refractivity contribution in [3.63, 3.8) is 0 Å². The lowest BCUT2D eigenvalue weighted by atomic mass is 10.2. The number of nitrogens with zero attached hydrogens (tertiary/aromatic N) is 1. The van der Waals surface area contributed by atoms with E-state index in [4.69, 9.17) is 4.42 Å². The average Bonchev–Trinajstić information content (AvgIpc) is 3.07. The topological polar surface area (TPSA) is 109 Å². The van der Waals surface area contributed by atoms with Crippen LogP contribution in [0.25, 0.3) is 0 Å². The lowest BCUT2D eigenvalue weighted by Gasteiger charge is -2.26. The van der Waals surface area contributed by atoms with Crippen molar-refractivity contribution in [2.45, 2.75) is 19.0 Å². The Balaban J connectivity index is 2.04. The van der Waals surface area contributed by atoms with Gasteiger partial charge in [0.15, 0.2) is 9.84 Å². The highest BCUT2D eigenvalue weighted by Crippen LogP contribution is 2.20. The maximum Gasteiger partial charge on any atom is 0.321 e. The Bertz CT molecular complexity index is 626. The van der Waals surface area contributed by atoms with E-state index in [1.807, 2.05) is 0 Å². The largest absolute Gasteiger partial charge is 0.468 e. The molecule has 9 heteroatoms. The number of furan rings is 1. The van der Waals surface area contributed by atoms with Crippen LogP contribution in [0, 0.1) is 0 Å². The molecule has 0 aromatic carbocycles. The molecule has 0 aliphatic carbocycles. The van der Waals surface area contributed by atoms with Crippen LogP contribution in [0.15, 0.2) is 22.8 Å². The molecule has 2 heterocycles. The van der Waals surface area contributed by atoms with E-state index in [9.17, 15) is 18.0 Å². The van der Waals surface area contributed by atoms with Crippen molar-refractivity contribution in [3.05, 3.63) is 24.2 Å². The summed E-state index contributed by atoms with van der Waals surface area (Å²) < 4.78 is 28.5. The molecule has 3 amide bonds. The van der Waals surface area contributed by atoms with Crippen molar-refractivity contribution >= 4 is 21.8 Å². The zero-order valence-corrected chi connectivity index (χ0v) is 13.1. The Labute approximate surface area is 128 Å². The Hall–Kier alpha value is -1.87. The summed E-state index contributed by atoms with van der Waals surface area (Å²) >= 11 is 0. The van der Waals surface area contributed by atoms with Gasteiger partial charge in [-0.2, -0.15) is 0 Å². The minimum absolute atomic E-state index is 0.0148. The summed E-state index contributed by atoms with van der Waals surface area (Å²) in [5, 5.41) is 4.47. The van der Waals surface area contributed by atoms with E-state index in [0.29, 0.717) is 18.7 Å². The van der Waals surface area contributed by atoms with Gasteiger partial charge in [-0.15, -0.1) is 0 Å².